The Morgan fingerprint density at radius 3 is 2.19 bits per heavy atom. The molecule has 0 saturated carbocycles. The van der Waals surface area contributed by atoms with E-state index < -0.39 is 14.9 Å². The molecule has 0 bridgehead atoms. The topological polar surface area (TPSA) is 113 Å². The Balaban J connectivity index is 1.64. The van der Waals surface area contributed by atoms with Crippen molar-refractivity contribution in [2.24, 2.45) is 0 Å². The second-order valence-electron chi connectivity index (χ2n) is 6.90. The summed E-state index contributed by atoms with van der Waals surface area (Å²) >= 11 is 5.28. The van der Waals surface area contributed by atoms with Gasteiger partial charge < -0.3 is 0 Å². The van der Waals surface area contributed by atoms with Crippen LogP contribution in [-0.4, -0.2) is 18.3 Å². The Labute approximate surface area is 191 Å². The van der Waals surface area contributed by atoms with E-state index in [1.54, 1.807) is 24.3 Å². The molecule has 0 spiro atoms. The number of sulfonamides is 1. The molecule has 166 valence electrons. The van der Waals surface area contributed by atoms with Crippen LogP contribution in [0.2, 0.25) is 0 Å². The van der Waals surface area contributed by atoms with Gasteiger partial charge in [-0.05, 0) is 29.7 Å². The summed E-state index contributed by atoms with van der Waals surface area (Å²) in [5, 5.41) is 11.5. The highest BCUT2D eigenvalue weighted by Gasteiger charge is 2.21. The van der Waals surface area contributed by atoms with Crippen molar-refractivity contribution in [1.82, 2.24) is 10.1 Å². The van der Waals surface area contributed by atoms with E-state index in [0.717, 1.165) is 23.6 Å². The van der Waals surface area contributed by atoms with Gasteiger partial charge in [-0.15, -0.1) is 0 Å². The molecule has 0 saturated heterocycles. The fourth-order valence-electron chi connectivity index (χ4n) is 2.89. The normalized spacial score (nSPS) is 11.0. The molecule has 3 aromatic rings. The molecule has 3 rings (SSSR count). The average Bonchev–Trinajstić information content (AvgIpc) is 2.81. The molecule has 0 unspecified atom stereocenters. The molecule has 3 aromatic carbocycles. The minimum absolute atomic E-state index is 0.0776. The van der Waals surface area contributed by atoms with Crippen molar-refractivity contribution in [2.75, 3.05) is 5.43 Å². The molecule has 0 aliphatic rings. The van der Waals surface area contributed by atoms with Crippen LogP contribution in [0.1, 0.15) is 17.5 Å². The van der Waals surface area contributed by atoms with Crippen LogP contribution >= 0.6 is 12.2 Å². The van der Waals surface area contributed by atoms with E-state index in [2.05, 4.69) is 15.6 Å². The van der Waals surface area contributed by atoms with Gasteiger partial charge in [0, 0.05) is 19.0 Å². The number of anilines is 1. The summed E-state index contributed by atoms with van der Waals surface area (Å²) in [4.78, 5) is 11.2. The van der Waals surface area contributed by atoms with E-state index in [9.17, 15) is 18.5 Å². The van der Waals surface area contributed by atoms with Crippen LogP contribution in [-0.2, 0) is 23.0 Å². The Morgan fingerprint density at radius 2 is 1.56 bits per heavy atom. The predicted molar refractivity (Wildman–Crippen MR) is 128 cm³/mol. The number of thiocarbonyl (C=S) groups is 1. The number of nitro groups is 1. The molecule has 0 aromatic heterocycles. The minimum Gasteiger partial charge on any atom is -0.294 e. The number of hydrazine groups is 1. The number of rotatable bonds is 10. The zero-order valence-corrected chi connectivity index (χ0v) is 18.7. The van der Waals surface area contributed by atoms with E-state index in [0.29, 0.717) is 11.4 Å². The predicted octanol–water partition coefficient (Wildman–Crippen LogP) is 3.95. The zero-order chi connectivity index (χ0) is 23.0. The molecule has 0 fully saturated rings. The smallest absolute Gasteiger partial charge is 0.294 e. The number of aryl methyl sites for hydroxylation is 1. The molecule has 3 N–H and O–H groups in total. The summed E-state index contributed by atoms with van der Waals surface area (Å²) < 4.78 is 27.6. The number of benzene rings is 3. The SMILES string of the molecule is O=[N+]([O-])c1cc(S(=O)(=O)NCc2ccccc2)ccc1NNC(=S)CCc1ccccc1. The number of nitrogens with one attached hydrogen (secondary N) is 3. The van der Waals surface area contributed by atoms with Crippen molar-refractivity contribution < 1.29 is 13.3 Å². The third-order valence-corrected chi connectivity index (χ3v) is 6.31. The summed E-state index contributed by atoms with van der Waals surface area (Å²) in [6.45, 7) is 0.0776. The molecule has 0 aliphatic heterocycles. The van der Waals surface area contributed by atoms with Crippen LogP contribution in [0.25, 0.3) is 0 Å². The van der Waals surface area contributed by atoms with Gasteiger partial charge in [-0.1, -0.05) is 72.9 Å². The van der Waals surface area contributed by atoms with Gasteiger partial charge in [0.25, 0.3) is 5.69 Å². The lowest BCUT2D eigenvalue weighted by Crippen LogP contribution is -2.28. The monoisotopic (exact) mass is 470 g/mol. The number of hydrogen-bond acceptors (Lipinski definition) is 6. The molecule has 0 atom stereocenters. The van der Waals surface area contributed by atoms with Gasteiger partial charge in [-0.2, -0.15) is 0 Å². The van der Waals surface area contributed by atoms with Gasteiger partial charge in [0.1, 0.15) is 5.69 Å². The van der Waals surface area contributed by atoms with Crippen molar-refractivity contribution in [3.05, 3.63) is 100 Å². The van der Waals surface area contributed by atoms with Crippen molar-refractivity contribution in [3.63, 3.8) is 0 Å². The highest BCUT2D eigenvalue weighted by molar-refractivity contribution is 7.89. The summed E-state index contributed by atoms with van der Waals surface area (Å²) in [7, 11) is -3.93. The third-order valence-electron chi connectivity index (χ3n) is 4.61. The fourth-order valence-corrected chi connectivity index (χ4v) is 4.09. The van der Waals surface area contributed by atoms with Crippen molar-refractivity contribution >= 4 is 38.6 Å². The van der Waals surface area contributed by atoms with E-state index >= 15 is 0 Å². The van der Waals surface area contributed by atoms with Gasteiger partial charge in [-0.25, -0.2) is 13.1 Å². The Morgan fingerprint density at radius 1 is 0.938 bits per heavy atom. The van der Waals surface area contributed by atoms with E-state index in [4.69, 9.17) is 12.2 Å². The second kappa shape index (κ2) is 10.8. The highest BCUT2D eigenvalue weighted by atomic mass is 32.2. The van der Waals surface area contributed by atoms with Gasteiger partial charge in [0.05, 0.1) is 14.8 Å². The van der Waals surface area contributed by atoms with Crippen LogP contribution in [0, 0.1) is 10.1 Å². The summed E-state index contributed by atoms with van der Waals surface area (Å²) in [5.74, 6) is 0. The van der Waals surface area contributed by atoms with Crippen LogP contribution in [0.3, 0.4) is 0 Å². The maximum atomic E-state index is 12.6. The summed E-state index contributed by atoms with van der Waals surface area (Å²) in [5.41, 5.74) is 7.13. The second-order valence-corrected chi connectivity index (χ2v) is 9.16. The van der Waals surface area contributed by atoms with Crippen LogP contribution in [0.4, 0.5) is 11.4 Å². The van der Waals surface area contributed by atoms with E-state index in [-0.39, 0.29) is 22.8 Å². The zero-order valence-electron chi connectivity index (χ0n) is 17.0. The first-order valence-corrected chi connectivity index (χ1v) is 11.6. The standard InChI is InChI=1S/C22H22N4O4S2/c27-26(28)21-15-19(32(29,30)23-16-18-9-5-2-6-10-18)12-13-20(21)24-25-22(31)14-11-17-7-3-1-4-8-17/h1-10,12-13,15,23-24H,11,14,16H2,(H,25,31). The lowest BCUT2D eigenvalue weighted by atomic mass is 10.1. The fraction of sp³-hybridized carbons (Fsp3) is 0.136. The number of hydrogen-bond donors (Lipinski definition) is 3. The first-order valence-electron chi connectivity index (χ1n) is 9.76. The quantitative estimate of drug-likeness (QED) is 0.234. The van der Waals surface area contributed by atoms with Crippen LogP contribution in [0.15, 0.2) is 83.8 Å². The van der Waals surface area contributed by atoms with E-state index in [1.165, 1.54) is 12.1 Å². The van der Waals surface area contributed by atoms with Gasteiger partial charge in [0.15, 0.2) is 0 Å². The van der Waals surface area contributed by atoms with Gasteiger partial charge in [0.2, 0.25) is 10.0 Å². The number of nitrogens with zero attached hydrogens (tertiary/aromatic N) is 1. The largest absolute Gasteiger partial charge is 0.295 e. The van der Waals surface area contributed by atoms with Gasteiger partial charge >= 0.3 is 0 Å². The Bertz CT molecular complexity index is 1190. The van der Waals surface area contributed by atoms with Crippen molar-refractivity contribution in [2.45, 2.75) is 24.3 Å². The summed E-state index contributed by atoms with van der Waals surface area (Å²) in [6, 6.07) is 22.4. The molecule has 10 heteroatoms. The molecule has 32 heavy (non-hydrogen) atoms. The van der Waals surface area contributed by atoms with E-state index in [1.807, 2.05) is 36.4 Å². The molecule has 0 radical (unpaired) electrons. The summed E-state index contributed by atoms with van der Waals surface area (Å²) in [6.07, 6.45) is 1.27. The first kappa shape index (κ1) is 23.3. The maximum Gasteiger partial charge on any atom is 0.295 e. The number of nitro benzene ring substituents is 1. The van der Waals surface area contributed by atoms with Crippen molar-refractivity contribution in [3.8, 4) is 0 Å². The lowest BCUT2D eigenvalue weighted by Gasteiger charge is -2.12. The molecular weight excluding hydrogens is 448 g/mol. The van der Waals surface area contributed by atoms with Gasteiger partial charge in [-0.3, -0.25) is 21.0 Å². The van der Waals surface area contributed by atoms with Crippen LogP contribution < -0.4 is 15.6 Å². The lowest BCUT2D eigenvalue weighted by molar-refractivity contribution is -0.384. The highest BCUT2D eigenvalue weighted by Crippen LogP contribution is 2.27. The molecule has 0 aliphatic carbocycles. The maximum absolute atomic E-state index is 12.6. The molecule has 0 heterocycles. The molecule has 8 nitrogen and oxygen atoms in total. The molecule has 0 amide bonds. The Kier molecular flexibility index (Phi) is 7.87. The Hall–Kier alpha value is -3.34. The first-order chi connectivity index (χ1) is 15.3. The van der Waals surface area contributed by atoms with Crippen molar-refractivity contribution in [1.29, 1.82) is 0 Å². The molecular formula is C22H22N4O4S2. The van der Waals surface area contributed by atoms with Crippen LogP contribution in [0.5, 0.6) is 0 Å². The average molecular weight is 471 g/mol. The third kappa shape index (κ3) is 6.58. The minimum atomic E-state index is -3.93.